The Kier molecular flexibility index (Phi) is 7.91. The van der Waals surface area contributed by atoms with Crippen LogP contribution in [0, 0.1) is 19.8 Å². The van der Waals surface area contributed by atoms with Crippen molar-refractivity contribution in [1.29, 1.82) is 0 Å². The maximum absolute atomic E-state index is 12.5. The van der Waals surface area contributed by atoms with Gasteiger partial charge in [0.05, 0.1) is 19.6 Å². The van der Waals surface area contributed by atoms with Crippen LogP contribution in [0.25, 0.3) is 11.1 Å². The molecule has 0 fully saturated rings. The topological polar surface area (TPSA) is 88.5 Å². The summed E-state index contributed by atoms with van der Waals surface area (Å²) in [4.78, 5) is 28.7. The lowest BCUT2D eigenvalue weighted by Crippen LogP contribution is -2.38. The molecule has 2 rings (SSSR count). The molecule has 0 spiro atoms. The number of aliphatic hydroxyl groups is 1. The summed E-state index contributed by atoms with van der Waals surface area (Å²) in [5.74, 6) is -0.792. The fourth-order valence-electron chi connectivity index (χ4n) is 3.38. The number of esters is 1. The minimum Gasteiger partial charge on any atom is -0.469 e. The molecular formula is C23H30N2O4. The molecule has 1 aromatic heterocycles. The summed E-state index contributed by atoms with van der Waals surface area (Å²) in [5.41, 5.74) is 4.89. The predicted octanol–water partition coefficient (Wildman–Crippen LogP) is 3.49. The lowest BCUT2D eigenvalue weighted by atomic mass is 9.94. The molecule has 0 aliphatic heterocycles. The molecule has 1 aromatic carbocycles. The van der Waals surface area contributed by atoms with Gasteiger partial charge in [0.2, 0.25) is 5.91 Å². The molecule has 6 heteroatoms. The molecule has 0 saturated heterocycles. The highest BCUT2D eigenvalue weighted by Crippen LogP contribution is 2.29. The number of hydrogen-bond acceptors (Lipinski definition) is 5. The van der Waals surface area contributed by atoms with Gasteiger partial charge in [0.1, 0.15) is 6.10 Å². The normalized spacial score (nSPS) is 13.1. The van der Waals surface area contributed by atoms with E-state index in [0.717, 1.165) is 22.3 Å². The lowest BCUT2D eigenvalue weighted by molar-refractivity contribution is -0.141. The Bertz CT molecular complexity index is 843. The van der Waals surface area contributed by atoms with E-state index in [2.05, 4.69) is 10.3 Å². The van der Waals surface area contributed by atoms with Crippen molar-refractivity contribution in [2.24, 2.45) is 5.92 Å². The number of amides is 1. The SMILES string of the molecule is COC(=O)CC(NC(=O)C(O)CC(C)C)c1cncc(-c2c(C)cccc2C)c1. The number of nitrogens with zero attached hydrogens (tertiary/aromatic N) is 1. The first-order chi connectivity index (χ1) is 13.7. The van der Waals surface area contributed by atoms with Gasteiger partial charge in [-0.15, -0.1) is 0 Å². The molecule has 0 bridgehead atoms. The Morgan fingerprint density at radius 3 is 2.41 bits per heavy atom. The van der Waals surface area contributed by atoms with E-state index in [4.69, 9.17) is 4.74 Å². The summed E-state index contributed by atoms with van der Waals surface area (Å²) in [5, 5.41) is 12.9. The van der Waals surface area contributed by atoms with E-state index in [1.54, 1.807) is 12.4 Å². The van der Waals surface area contributed by atoms with Gasteiger partial charge < -0.3 is 15.2 Å². The number of benzene rings is 1. The van der Waals surface area contributed by atoms with Crippen LogP contribution in [-0.4, -0.2) is 35.2 Å². The summed E-state index contributed by atoms with van der Waals surface area (Å²) in [6.07, 6.45) is 2.56. The van der Waals surface area contributed by atoms with E-state index >= 15 is 0 Å². The second-order valence-electron chi connectivity index (χ2n) is 7.76. The highest BCUT2D eigenvalue weighted by molar-refractivity contribution is 5.82. The number of pyridine rings is 1. The average Bonchev–Trinajstić information content (AvgIpc) is 2.66. The van der Waals surface area contributed by atoms with E-state index < -0.39 is 24.0 Å². The second-order valence-corrected chi connectivity index (χ2v) is 7.76. The number of methoxy groups -OCH3 is 1. The molecule has 2 unspecified atom stereocenters. The number of aryl methyl sites for hydroxylation is 2. The van der Waals surface area contributed by atoms with Crippen molar-refractivity contribution in [3.8, 4) is 11.1 Å². The number of carbonyl (C=O) groups excluding carboxylic acids is 2. The molecule has 0 radical (unpaired) electrons. The molecule has 2 aromatic rings. The van der Waals surface area contributed by atoms with Gasteiger partial charge in [-0.25, -0.2) is 0 Å². The summed E-state index contributed by atoms with van der Waals surface area (Å²) >= 11 is 0. The molecule has 0 aliphatic rings. The van der Waals surface area contributed by atoms with Gasteiger partial charge in [-0.2, -0.15) is 0 Å². The Morgan fingerprint density at radius 1 is 1.17 bits per heavy atom. The lowest BCUT2D eigenvalue weighted by Gasteiger charge is -2.21. The van der Waals surface area contributed by atoms with Crippen LogP contribution in [0.4, 0.5) is 0 Å². The monoisotopic (exact) mass is 398 g/mol. The Balaban J connectivity index is 2.36. The summed E-state index contributed by atoms with van der Waals surface area (Å²) in [6, 6.07) is 7.34. The van der Waals surface area contributed by atoms with E-state index in [0.29, 0.717) is 12.0 Å². The van der Waals surface area contributed by atoms with Crippen molar-refractivity contribution in [1.82, 2.24) is 10.3 Å². The van der Waals surface area contributed by atoms with Gasteiger partial charge in [0, 0.05) is 18.0 Å². The van der Waals surface area contributed by atoms with Crippen LogP contribution in [0.5, 0.6) is 0 Å². The Hall–Kier alpha value is -2.73. The molecule has 0 saturated carbocycles. The zero-order valence-corrected chi connectivity index (χ0v) is 17.7. The van der Waals surface area contributed by atoms with Crippen LogP contribution in [-0.2, 0) is 14.3 Å². The van der Waals surface area contributed by atoms with Gasteiger partial charge >= 0.3 is 5.97 Å². The molecule has 2 atom stereocenters. The quantitative estimate of drug-likeness (QED) is 0.665. The number of hydrogen-bond donors (Lipinski definition) is 2. The van der Waals surface area contributed by atoms with Crippen molar-refractivity contribution in [3.05, 3.63) is 53.3 Å². The Labute approximate surface area is 172 Å². The van der Waals surface area contributed by atoms with Gasteiger partial charge in [-0.05, 0) is 54.5 Å². The molecular weight excluding hydrogens is 368 g/mol. The summed E-state index contributed by atoms with van der Waals surface area (Å²) < 4.78 is 4.79. The fourth-order valence-corrected chi connectivity index (χ4v) is 3.38. The second kappa shape index (κ2) is 10.2. The van der Waals surface area contributed by atoms with Crippen LogP contribution in [0.15, 0.2) is 36.7 Å². The number of nitrogens with one attached hydrogen (secondary N) is 1. The maximum Gasteiger partial charge on any atom is 0.307 e. The van der Waals surface area contributed by atoms with Crippen LogP contribution in [0.3, 0.4) is 0 Å². The molecule has 1 heterocycles. The van der Waals surface area contributed by atoms with E-state index in [9.17, 15) is 14.7 Å². The van der Waals surface area contributed by atoms with Crippen molar-refractivity contribution < 1.29 is 19.4 Å². The van der Waals surface area contributed by atoms with Crippen molar-refractivity contribution in [3.63, 3.8) is 0 Å². The smallest absolute Gasteiger partial charge is 0.307 e. The highest BCUT2D eigenvalue weighted by atomic mass is 16.5. The number of rotatable bonds is 8. The van der Waals surface area contributed by atoms with Gasteiger partial charge in [-0.1, -0.05) is 32.0 Å². The molecule has 2 N–H and O–H groups in total. The first-order valence-electron chi connectivity index (χ1n) is 9.79. The van der Waals surface area contributed by atoms with Gasteiger partial charge in [0.15, 0.2) is 0 Å². The largest absolute Gasteiger partial charge is 0.469 e. The van der Waals surface area contributed by atoms with E-state index in [1.165, 1.54) is 7.11 Å². The molecule has 6 nitrogen and oxygen atoms in total. The zero-order chi connectivity index (χ0) is 21.6. The van der Waals surface area contributed by atoms with Crippen LogP contribution < -0.4 is 5.32 Å². The van der Waals surface area contributed by atoms with Crippen molar-refractivity contribution >= 4 is 11.9 Å². The minimum absolute atomic E-state index is 0.0471. The zero-order valence-electron chi connectivity index (χ0n) is 17.7. The number of ether oxygens (including phenoxy) is 1. The third kappa shape index (κ3) is 6.12. The first-order valence-corrected chi connectivity index (χ1v) is 9.79. The minimum atomic E-state index is -1.13. The first kappa shape index (κ1) is 22.6. The van der Waals surface area contributed by atoms with Crippen LogP contribution in [0.1, 0.15) is 49.4 Å². The molecule has 156 valence electrons. The Morgan fingerprint density at radius 2 is 1.83 bits per heavy atom. The summed E-state index contributed by atoms with van der Waals surface area (Å²) in [7, 11) is 1.31. The van der Waals surface area contributed by atoms with Gasteiger partial charge in [-0.3, -0.25) is 14.6 Å². The number of carbonyl (C=O) groups is 2. The third-order valence-electron chi connectivity index (χ3n) is 4.84. The maximum atomic E-state index is 12.5. The van der Waals surface area contributed by atoms with E-state index in [1.807, 2.05) is 52.0 Å². The number of aromatic nitrogens is 1. The molecule has 1 amide bonds. The van der Waals surface area contributed by atoms with Crippen LogP contribution in [0.2, 0.25) is 0 Å². The van der Waals surface area contributed by atoms with Crippen molar-refractivity contribution in [2.45, 2.75) is 52.7 Å². The molecule has 0 aliphatic carbocycles. The standard InChI is InChI=1S/C23H30N2O4/c1-14(2)9-20(26)23(28)25-19(11-21(27)29-5)17-10-18(13-24-12-17)22-15(3)7-6-8-16(22)4/h6-8,10,12-14,19-20,26H,9,11H2,1-5H3,(H,25,28). The third-order valence-corrected chi connectivity index (χ3v) is 4.84. The van der Waals surface area contributed by atoms with Crippen LogP contribution >= 0.6 is 0 Å². The number of aliphatic hydroxyl groups excluding tert-OH is 1. The predicted molar refractivity (Wildman–Crippen MR) is 112 cm³/mol. The van der Waals surface area contributed by atoms with E-state index in [-0.39, 0.29) is 12.3 Å². The fraction of sp³-hybridized carbons (Fsp3) is 0.435. The van der Waals surface area contributed by atoms with Gasteiger partial charge in [0.25, 0.3) is 0 Å². The van der Waals surface area contributed by atoms with Crippen molar-refractivity contribution in [2.75, 3.05) is 7.11 Å². The summed E-state index contributed by atoms with van der Waals surface area (Å²) in [6.45, 7) is 7.93. The highest BCUT2D eigenvalue weighted by Gasteiger charge is 2.24. The molecule has 29 heavy (non-hydrogen) atoms. The average molecular weight is 399 g/mol.